The fourth-order valence-corrected chi connectivity index (χ4v) is 5.85. The van der Waals surface area contributed by atoms with Gasteiger partial charge in [-0.2, -0.15) is 0 Å². The standard InChI is InChI=1S/C26H23FIN3O6/c1-10-12-3-4-17(29-20(32)9-36-11(2)28)22-14-7-31-19(23(14)30-18(21(12)22)6-16(10)27)5-13-15(25(31)34)8-37-26(35)24(13)33/h5-6,11,17,24,33H,3-4,7-9H2,1-2H3,(H,29,32)/t11-,17-,24-/m0/s1. The van der Waals surface area contributed by atoms with Crippen LogP contribution in [0.25, 0.3) is 22.3 Å². The quantitative estimate of drug-likeness (QED) is 0.205. The van der Waals surface area contributed by atoms with Crippen LogP contribution >= 0.6 is 22.6 Å². The van der Waals surface area contributed by atoms with Gasteiger partial charge in [-0.15, -0.1) is 0 Å². The lowest BCUT2D eigenvalue weighted by Crippen LogP contribution is -2.35. The Bertz CT molecular complexity index is 1580. The molecule has 3 atom stereocenters. The summed E-state index contributed by atoms with van der Waals surface area (Å²) in [5.41, 5.74) is 4.35. The molecule has 0 radical (unpaired) electrons. The van der Waals surface area contributed by atoms with Gasteiger partial charge in [-0.3, -0.25) is 9.59 Å². The van der Waals surface area contributed by atoms with Crippen LogP contribution in [0.1, 0.15) is 58.9 Å². The van der Waals surface area contributed by atoms with E-state index in [4.69, 9.17) is 14.5 Å². The fraction of sp³-hybridized carbons (Fsp3) is 0.385. The predicted octanol–water partition coefficient (Wildman–Crippen LogP) is 2.86. The number of rotatable bonds is 4. The van der Waals surface area contributed by atoms with E-state index in [1.807, 2.05) is 6.92 Å². The van der Waals surface area contributed by atoms with Gasteiger partial charge in [-0.25, -0.2) is 14.2 Å². The monoisotopic (exact) mass is 619 g/mol. The summed E-state index contributed by atoms with van der Waals surface area (Å²) in [6.45, 7) is 3.46. The molecule has 1 aliphatic carbocycles. The molecule has 0 fully saturated rings. The Morgan fingerprint density at radius 1 is 1.35 bits per heavy atom. The van der Waals surface area contributed by atoms with Crippen LogP contribution in [-0.4, -0.2) is 37.3 Å². The summed E-state index contributed by atoms with van der Waals surface area (Å²) >= 11 is 2.08. The van der Waals surface area contributed by atoms with Crippen LogP contribution in [0.4, 0.5) is 4.39 Å². The molecule has 6 rings (SSSR count). The molecule has 0 saturated heterocycles. The van der Waals surface area contributed by atoms with Crippen molar-refractivity contribution in [2.75, 3.05) is 6.61 Å². The summed E-state index contributed by atoms with van der Waals surface area (Å²) in [5, 5.41) is 14.3. The first kappa shape index (κ1) is 24.4. The minimum absolute atomic E-state index is 0.0926. The maximum atomic E-state index is 14.9. The highest BCUT2D eigenvalue weighted by molar-refractivity contribution is 14.1. The van der Waals surface area contributed by atoms with Gasteiger partial charge in [0.25, 0.3) is 5.56 Å². The van der Waals surface area contributed by atoms with Crippen LogP contribution < -0.4 is 10.9 Å². The number of cyclic esters (lactones) is 1. The molecule has 2 aromatic heterocycles. The molecule has 9 nitrogen and oxygen atoms in total. The molecule has 4 heterocycles. The number of halogens is 2. The molecule has 1 amide bonds. The summed E-state index contributed by atoms with van der Waals surface area (Å²) < 4.78 is 26.7. The zero-order valence-corrected chi connectivity index (χ0v) is 22.2. The Morgan fingerprint density at radius 2 is 2.14 bits per heavy atom. The zero-order valence-electron chi connectivity index (χ0n) is 20.1. The van der Waals surface area contributed by atoms with E-state index in [9.17, 15) is 23.9 Å². The third-order valence-corrected chi connectivity index (χ3v) is 7.79. The molecule has 3 aliphatic rings. The van der Waals surface area contributed by atoms with Crippen molar-refractivity contribution in [1.82, 2.24) is 14.9 Å². The smallest absolute Gasteiger partial charge is 0.340 e. The van der Waals surface area contributed by atoms with Gasteiger partial charge in [0.15, 0.2) is 6.10 Å². The number of ether oxygens (including phenoxy) is 2. The maximum absolute atomic E-state index is 14.9. The number of hydrogen-bond donors (Lipinski definition) is 2. The lowest BCUT2D eigenvalue weighted by molar-refractivity contribution is -0.157. The SMILES string of the molecule is Cc1c(F)cc2nc3c(c4c2c1CC[C@@H]4NC(=O)CO[C@@H](C)I)Cn1c-3cc2c(c1=O)COC(=O)[C@H]2O. The van der Waals surface area contributed by atoms with Crippen molar-refractivity contribution < 1.29 is 28.6 Å². The zero-order chi connectivity index (χ0) is 26.2. The minimum atomic E-state index is -1.57. The molecule has 0 bridgehead atoms. The van der Waals surface area contributed by atoms with Crippen molar-refractivity contribution in [3.8, 4) is 11.4 Å². The Kier molecular flexibility index (Phi) is 5.84. The molecule has 0 unspecified atom stereocenters. The molecular weight excluding hydrogens is 596 g/mol. The van der Waals surface area contributed by atoms with Crippen molar-refractivity contribution in [2.45, 2.75) is 56.1 Å². The van der Waals surface area contributed by atoms with Gasteiger partial charge in [0.1, 0.15) is 23.1 Å². The van der Waals surface area contributed by atoms with Crippen molar-refractivity contribution in [2.24, 2.45) is 0 Å². The van der Waals surface area contributed by atoms with Crippen LogP contribution in [0.3, 0.4) is 0 Å². The van der Waals surface area contributed by atoms with Gasteiger partial charge in [-0.05, 0) is 49.4 Å². The molecular formula is C26H23FIN3O6. The number of alkyl halides is 1. The lowest BCUT2D eigenvalue weighted by atomic mass is 9.81. The molecule has 37 heavy (non-hydrogen) atoms. The van der Waals surface area contributed by atoms with E-state index in [0.717, 1.165) is 22.1 Å². The average Bonchev–Trinajstić information content (AvgIpc) is 3.23. The number of amides is 1. The normalized spacial score (nSPS) is 20.2. The highest BCUT2D eigenvalue weighted by atomic mass is 127. The van der Waals surface area contributed by atoms with Crippen LogP contribution in [0, 0.1) is 12.7 Å². The van der Waals surface area contributed by atoms with Crippen LogP contribution in [0.2, 0.25) is 0 Å². The highest BCUT2D eigenvalue weighted by Crippen LogP contribution is 2.45. The lowest BCUT2D eigenvalue weighted by Gasteiger charge is -2.29. The average molecular weight is 619 g/mol. The van der Waals surface area contributed by atoms with Crippen molar-refractivity contribution in [3.05, 3.63) is 61.7 Å². The molecule has 192 valence electrons. The van der Waals surface area contributed by atoms with E-state index in [0.29, 0.717) is 35.3 Å². The highest BCUT2D eigenvalue weighted by Gasteiger charge is 2.37. The van der Waals surface area contributed by atoms with Crippen LogP contribution in [0.5, 0.6) is 0 Å². The van der Waals surface area contributed by atoms with E-state index < -0.39 is 12.1 Å². The number of aromatic nitrogens is 2. The first-order valence-corrected chi connectivity index (χ1v) is 13.2. The van der Waals surface area contributed by atoms with Crippen LogP contribution in [-0.2, 0) is 38.6 Å². The number of aliphatic hydroxyl groups excluding tert-OH is 1. The Hall–Kier alpha value is -2.90. The molecule has 1 aromatic carbocycles. The minimum Gasteiger partial charge on any atom is -0.458 e. The Labute approximate surface area is 224 Å². The number of carbonyl (C=O) groups excluding carboxylic acids is 2. The van der Waals surface area contributed by atoms with E-state index in [-0.39, 0.29) is 58.3 Å². The number of fused-ring (bicyclic) bond motifs is 5. The van der Waals surface area contributed by atoms with Gasteiger partial charge in [-0.1, -0.05) is 22.6 Å². The third kappa shape index (κ3) is 3.77. The second-order valence-corrected chi connectivity index (χ2v) is 11.3. The predicted molar refractivity (Wildman–Crippen MR) is 139 cm³/mol. The van der Waals surface area contributed by atoms with Crippen molar-refractivity contribution >= 4 is 45.4 Å². The van der Waals surface area contributed by atoms with E-state index in [2.05, 4.69) is 27.9 Å². The summed E-state index contributed by atoms with van der Waals surface area (Å²) in [6.07, 6.45) is -0.448. The first-order valence-electron chi connectivity index (χ1n) is 12.0. The number of pyridine rings is 2. The number of aryl methyl sites for hydroxylation is 1. The summed E-state index contributed by atoms with van der Waals surface area (Å²) in [5.74, 6) is -1.45. The maximum Gasteiger partial charge on any atom is 0.340 e. The second kappa shape index (κ2) is 8.84. The number of hydrogen-bond acceptors (Lipinski definition) is 7. The number of aliphatic hydroxyl groups is 1. The first-order chi connectivity index (χ1) is 17.7. The van der Waals surface area contributed by atoms with Gasteiger partial charge >= 0.3 is 5.97 Å². The molecule has 0 spiro atoms. The van der Waals surface area contributed by atoms with Gasteiger partial charge in [0.2, 0.25) is 5.91 Å². The number of carbonyl (C=O) groups is 2. The van der Waals surface area contributed by atoms with Gasteiger partial charge < -0.3 is 24.5 Å². The summed E-state index contributed by atoms with van der Waals surface area (Å²) in [6, 6.07) is 2.60. The van der Waals surface area contributed by atoms with Gasteiger partial charge in [0.05, 0.1) is 35.1 Å². The van der Waals surface area contributed by atoms with Crippen molar-refractivity contribution in [3.63, 3.8) is 0 Å². The second-order valence-electron chi connectivity index (χ2n) is 9.59. The van der Waals surface area contributed by atoms with Crippen LogP contribution in [0.15, 0.2) is 16.9 Å². The summed E-state index contributed by atoms with van der Waals surface area (Å²) in [4.78, 5) is 42.9. The molecule has 3 aromatic rings. The molecule has 2 N–H and O–H groups in total. The molecule has 11 heteroatoms. The fourth-order valence-electron chi connectivity index (χ4n) is 5.67. The number of nitrogens with one attached hydrogen (secondary N) is 1. The molecule has 0 saturated carbocycles. The van der Waals surface area contributed by atoms with E-state index >= 15 is 0 Å². The van der Waals surface area contributed by atoms with Crippen molar-refractivity contribution in [1.29, 1.82) is 0 Å². The molecule has 2 aliphatic heterocycles. The third-order valence-electron chi connectivity index (χ3n) is 7.43. The Balaban J connectivity index is 1.56. The number of benzene rings is 1. The van der Waals surface area contributed by atoms with E-state index in [1.54, 1.807) is 13.0 Å². The van der Waals surface area contributed by atoms with Gasteiger partial charge in [0, 0.05) is 22.6 Å². The topological polar surface area (TPSA) is 120 Å². The van der Waals surface area contributed by atoms with E-state index in [1.165, 1.54) is 10.6 Å². The number of esters is 1. The Morgan fingerprint density at radius 3 is 2.89 bits per heavy atom. The summed E-state index contributed by atoms with van der Waals surface area (Å²) in [7, 11) is 0. The number of nitrogens with zero attached hydrogens (tertiary/aromatic N) is 2. The largest absolute Gasteiger partial charge is 0.458 e.